The van der Waals surface area contributed by atoms with Crippen molar-refractivity contribution in [1.29, 1.82) is 0 Å². The van der Waals surface area contributed by atoms with Gasteiger partial charge < -0.3 is 20.5 Å². The first kappa shape index (κ1) is 17.5. The van der Waals surface area contributed by atoms with Gasteiger partial charge in [-0.2, -0.15) is 0 Å². The predicted molar refractivity (Wildman–Crippen MR) is 79.7 cm³/mol. The van der Waals surface area contributed by atoms with Gasteiger partial charge in [0.25, 0.3) is 0 Å². The van der Waals surface area contributed by atoms with E-state index >= 15 is 0 Å². The first-order valence-corrected chi connectivity index (χ1v) is 7.36. The first-order chi connectivity index (χ1) is 9.88. The van der Waals surface area contributed by atoms with Crippen LogP contribution in [-0.2, 0) is 9.59 Å². The van der Waals surface area contributed by atoms with Crippen LogP contribution in [0, 0.1) is 5.92 Å². The molecule has 0 aliphatic carbocycles. The summed E-state index contributed by atoms with van der Waals surface area (Å²) < 4.78 is 0. The number of hydrogen-bond donors (Lipinski definition) is 2. The lowest BCUT2D eigenvalue weighted by atomic mass is 10.1. The molecular formula is C15H21ClN2O3. The molecule has 0 heterocycles. The highest BCUT2D eigenvalue weighted by Gasteiger charge is 2.18. The molecule has 116 valence electrons. The molecule has 0 aliphatic rings. The summed E-state index contributed by atoms with van der Waals surface area (Å²) in [5, 5.41) is 15.9. The van der Waals surface area contributed by atoms with E-state index < -0.39 is 12.0 Å². The van der Waals surface area contributed by atoms with E-state index in [1.54, 1.807) is 29.6 Å². The Balaban J connectivity index is 2.50. The van der Waals surface area contributed by atoms with Crippen molar-refractivity contribution >= 4 is 29.2 Å². The van der Waals surface area contributed by atoms with Crippen LogP contribution in [0.1, 0.15) is 26.7 Å². The molecule has 3 N–H and O–H groups in total. The van der Waals surface area contributed by atoms with Gasteiger partial charge in [-0.05, 0) is 30.5 Å². The van der Waals surface area contributed by atoms with Crippen LogP contribution in [0.5, 0.6) is 0 Å². The highest BCUT2D eigenvalue weighted by molar-refractivity contribution is 6.30. The summed E-state index contributed by atoms with van der Waals surface area (Å²) in [6, 6.07) is 5.84. The van der Waals surface area contributed by atoms with Crippen molar-refractivity contribution in [3.63, 3.8) is 0 Å². The molecule has 0 radical (unpaired) electrons. The van der Waals surface area contributed by atoms with Gasteiger partial charge in [-0.3, -0.25) is 4.79 Å². The third-order valence-electron chi connectivity index (χ3n) is 3.01. The lowest BCUT2D eigenvalue weighted by molar-refractivity contribution is -0.683. The third kappa shape index (κ3) is 7.11. The smallest absolute Gasteiger partial charge is 0.230 e. The minimum absolute atomic E-state index is 0.132. The Morgan fingerprint density at radius 1 is 1.38 bits per heavy atom. The fraction of sp³-hybridized carbons (Fsp3) is 0.467. The Morgan fingerprint density at radius 3 is 2.67 bits per heavy atom. The van der Waals surface area contributed by atoms with Crippen LogP contribution < -0.4 is 15.7 Å². The van der Waals surface area contributed by atoms with Crippen LogP contribution in [0.4, 0.5) is 5.69 Å². The maximum atomic E-state index is 11.9. The summed E-state index contributed by atoms with van der Waals surface area (Å²) in [6.07, 6.45) is 0.757. The highest BCUT2D eigenvalue weighted by Crippen LogP contribution is 2.15. The number of carboxylic acid groups (broad SMARTS) is 1. The lowest BCUT2D eigenvalue weighted by Gasteiger charge is -2.17. The van der Waals surface area contributed by atoms with Gasteiger partial charge in [0.15, 0.2) is 0 Å². The number of carboxylic acids is 1. The molecule has 0 bridgehead atoms. The molecule has 6 heteroatoms. The largest absolute Gasteiger partial charge is 0.544 e. The lowest BCUT2D eigenvalue weighted by Crippen LogP contribution is -2.93. The van der Waals surface area contributed by atoms with Crippen LogP contribution in [0.2, 0.25) is 5.02 Å². The number of amides is 1. The Labute approximate surface area is 129 Å². The van der Waals surface area contributed by atoms with E-state index in [9.17, 15) is 14.7 Å². The van der Waals surface area contributed by atoms with Crippen molar-refractivity contribution in [3.05, 3.63) is 29.3 Å². The Bertz CT molecular complexity index is 492. The summed E-state index contributed by atoms with van der Waals surface area (Å²) in [5.74, 6) is -1.10. The molecule has 1 amide bonds. The van der Waals surface area contributed by atoms with Crippen LogP contribution in [0.15, 0.2) is 24.3 Å². The topological polar surface area (TPSA) is 85.8 Å². The molecule has 5 nitrogen and oxygen atoms in total. The average molecular weight is 313 g/mol. The fourth-order valence-corrected chi connectivity index (χ4v) is 2.06. The summed E-state index contributed by atoms with van der Waals surface area (Å²) in [6.45, 7) is 4.78. The van der Waals surface area contributed by atoms with Crippen molar-refractivity contribution in [1.82, 2.24) is 0 Å². The number of nitrogens with one attached hydrogen (secondary N) is 1. The van der Waals surface area contributed by atoms with Gasteiger partial charge in [0.05, 0.1) is 18.9 Å². The second kappa shape index (κ2) is 8.64. The minimum atomic E-state index is -1.22. The van der Waals surface area contributed by atoms with Crippen molar-refractivity contribution in [2.75, 3.05) is 11.9 Å². The van der Waals surface area contributed by atoms with E-state index in [4.69, 9.17) is 11.6 Å². The number of rotatable bonds is 8. The zero-order valence-corrected chi connectivity index (χ0v) is 13.0. The molecule has 0 aromatic heterocycles. The maximum absolute atomic E-state index is 11.9. The minimum Gasteiger partial charge on any atom is -0.544 e. The molecule has 1 aromatic carbocycles. The molecule has 0 unspecified atom stereocenters. The molecule has 1 atom stereocenters. The molecule has 0 saturated carbocycles. The molecule has 1 aromatic rings. The van der Waals surface area contributed by atoms with E-state index in [1.165, 1.54) is 0 Å². The second-order valence-electron chi connectivity index (χ2n) is 5.40. The highest BCUT2D eigenvalue weighted by atomic mass is 35.5. The monoisotopic (exact) mass is 312 g/mol. The summed E-state index contributed by atoms with van der Waals surface area (Å²) >= 11 is 5.82. The molecule has 0 spiro atoms. The van der Waals surface area contributed by atoms with E-state index in [-0.39, 0.29) is 12.3 Å². The second-order valence-corrected chi connectivity index (χ2v) is 5.83. The molecule has 1 rings (SSSR count). The number of anilines is 1. The summed E-state index contributed by atoms with van der Waals surface area (Å²) in [7, 11) is 0. The first-order valence-electron chi connectivity index (χ1n) is 6.98. The summed E-state index contributed by atoms with van der Waals surface area (Å²) in [4.78, 5) is 22.9. The van der Waals surface area contributed by atoms with Crippen molar-refractivity contribution in [2.24, 2.45) is 5.92 Å². The number of carbonyl (C=O) groups excluding carboxylic acids is 2. The Kier molecular flexibility index (Phi) is 7.19. The van der Waals surface area contributed by atoms with Gasteiger partial charge in [0, 0.05) is 10.7 Å². The van der Waals surface area contributed by atoms with Gasteiger partial charge in [0.2, 0.25) is 5.91 Å². The number of nitrogens with two attached hydrogens (primary N) is 1. The van der Waals surface area contributed by atoms with Crippen LogP contribution in [-0.4, -0.2) is 24.5 Å². The molecular weight excluding hydrogens is 292 g/mol. The number of aliphatic carboxylic acids is 1. The van der Waals surface area contributed by atoms with Gasteiger partial charge >= 0.3 is 0 Å². The SMILES string of the molecule is CC(C)CC[NH2+][C@@H](CC(=O)Nc1cccc(Cl)c1)C(=O)[O-]. The molecule has 0 aliphatic heterocycles. The number of halogens is 1. The number of benzene rings is 1. The van der Waals surface area contributed by atoms with E-state index in [0.717, 1.165) is 6.42 Å². The normalized spacial score (nSPS) is 12.2. The van der Waals surface area contributed by atoms with Crippen LogP contribution in [0.3, 0.4) is 0 Å². The Morgan fingerprint density at radius 2 is 2.10 bits per heavy atom. The zero-order valence-electron chi connectivity index (χ0n) is 12.3. The molecule has 21 heavy (non-hydrogen) atoms. The summed E-state index contributed by atoms with van der Waals surface area (Å²) in [5.41, 5.74) is 0.548. The van der Waals surface area contributed by atoms with E-state index in [1.807, 2.05) is 0 Å². The van der Waals surface area contributed by atoms with E-state index in [0.29, 0.717) is 23.2 Å². The van der Waals surface area contributed by atoms with Gasteiger partial charge in [-0.1, -0.05) is 31.5 Å². The van der Waals surface area contributed by atoms with Crippen molar-refractivity contribution in [3.8, 4) is 0 Å². The van der Waals surface area contributed by atoms with E-state index in [2.05, 4.69) is 19.2 Å². The number of hydrogen-bond acceptors (Lipinski definition) is 3. The third-order valence-corrected chi connectivity index (χ3v) is 3.25. The van der Waals surface area contributed by atoms with Crippen molar-refractivity contribution < 1.29 is 20.0 Å². The van der Waals surface area contributed by atoms with Gasteiger partial charge in [0.1, 0.15) is 6.04 Å². The van der Waals surface area contributed by atoms with Gasteiger partial charge in [-0.15, -0.1) is 0 Å². The van der Waals surface area contributed by atoms with Crippen LogP contribution in [0.25, 0.3) is 0 Å². The standard InChI is InChI=1S/C15H21ClN2O3/c1-10(2)6-7-17-13(15(20)21)9-14(19)18-12-5-3-4-11(16)8-12/h3-5,8,10,13,17H,6-7,9H2,1-2H3,(H,18,19)(H,20,21)/t13-/m0/s1. The van der Waals surface area contributed by atoms with Crippen LogP contribution >= 0.6 is 11.6 Å². The van der Waals surface area contributed by atoms with Crippen molar-refractivity contribution in [2.45, 2.75) is 32.7 Å². The Hall–Kier alpha value is -1.59. The number of quaternary nitrogens is 1. The maximum Gasteiger partial charge on any atom is 0.230 e. The quantitative estimate of drug-likeness (QED) is 0.728. The van der Waals surface area contributed by atoms with Gasteiger partial charge in [-0.25, -0.2) is 0 Å². The zero-order chi connectivity index (χ0) is 15.8. The number of carbonyl (C=O) groups is 2. The fourth-order valence-electron chi connectivity index (χ4n) is 1.87. The predicted octanol–water partition coefficient (Wildman–Crippen LogP) is 0.397. The molecule has 0 fully saturated rings. The molecule has 0 saturated heterocycles. The average Bonchev–Trinajstić information content (AvgIpc) is 2.36.